The summed E-state index contributed by atoms with van der Waals surface area (Å²) < 4.78 is 0. The van der Waals surface area contributed by atoms with Gasteiger partial charge in [-0.3, -0.25) is 4.98 Å². The number of likely N-dealkylation sites (N-methyl/N-ethyl adjacent to an activating group) is 1. The van der Waals surface area contributed by atoms with Crippen molar-refractivity contribution in [2.75, 3.05) is 18.5 Å². The molecule has 2 heterocycles. The Bertz CT molecular complexity index is 573. The van der Waals surface area contributed by atoms with Gasteiger partial charge in [-0.05, 0) is 34.9 Å². The third-order valence-corrected chi connectivity index (χ3v) is 3.78. The molecular formula is C16H18N2. The van der Waals surface area contributed by atoms with E-state index in [1.807, 2.05) is 12.4 Å². The van der Waals surface area contributed by atoms with Gasteiger partial charge in [-0.15, -0.1) is 0 Å². The van der Waals surface area contributed by atoms with Crippen molar-refractivity contribution < 1.29 is 0 Å². The van der Waals surface area contributed by atoms with E-state index in [4.69, 9.17) is 0 Å². The van der Waals surface area contributed by atoms with Gasteiger partial charge in [0.15, 0.2) is 0 Å². The van der Waals surface area contributed by atoms with Crippen molar-refractivity contribution in [3.63, 3.8) is 0 Å². The van der Waals surface area contributed by atoms with Crippen molar-refractivity contribution >= 4 is 5.69 Å². The van der Waals surface area contributed by atoms with Crippen LogP contribution in [0.1, 0.15) is 19.4 Å². The fourth-order valence-corrected chi connectivity index (χ4v) is 2.91. The number of fused-ring (bicyclic) bond motifs is 1. The third kappa shape index (κ3) is 1.69. The summed E-state index contributed by atoms with van der Waals surface area (Å²) >= 11 is 0. The molecule has 0 aliphatic carbocycles. The van der Waals surface area contributed by atoms with Gasteiger partial charge in [0.2, 0.25) is 0 Å². The number of pyridine rings is 1. The molecule has 0 atom stereocenters. The van der Waals surface area contributed by atoms with Crippen molar-refractivity contribution in [3.8, 4) is 11.1 Å². The summed E-state index contributed by atoms with van der Waals surface area (Å²) in [6, 6.07) is 10.9. The van der Waals surface area contributed by atoms with Gasteiger partial charge in [0, 0.05) is 37.1 Å². The Hall–Kier alpha value is -1.83. The van der Waals surface area contributed by atoms with E-state index in [-0.39, 0.29) is 5.41 Å². The molecule has 18 heavy (non-hydrogen) atoms. The molecule has 92 valence electrons. The van der Waals surface area contributed by atoms with Crippen LogP contribution in [0.25, 0.3) is 11.1 Å². The summed E-state index contributed by atoms with van der Waals surface area (Å²) in [5.74, 6) is 0. The first-order valence-corrected chi connectivity index (χ1v) is 6.34. The minimum atomic E-state index is 0.251. The second-order valence-electron chi connectivity index (χ2n) is 5.71. The molecule has 0 spiro atoms. The second kappa shape index (κ2) is 3.84. The predicted octanol–water partition coefficient (Wildman–Crippen LogP) is 3.48. The van der Waals surface area contributed by atoms with Crippen molar-refractivity contribution in [2.24, 2.45) is 0 Å². The molecule has 3 rings (SSSR count). The lowest BCUT2D eigenvalue weighted by Crippen LogP contribution is -2.24. The Balaban J connectivity index is 2.11. The molecule has 2 aromatic rings. The highest BCUT2D eigenvalue weighted by Gasteiger charge is 2.33. The molecule has 0 amide bonds. The van der Waals surface area contributed by atoms with Crippen molar-refractivity contribution in [1.29, 1.82) is 0 Å². The van der Waals surface area contributed by atoms with E-state index >= 15 is 0 Å². The van der Waals surface area contributed by atoms with Crippen LogP contribution in [0.15, 0.2) is 42.7 Å². The maximum Gasteiger partial charge on any atom is 0.0408 e. The first-order valence-electron chi connectivity index (χ1n) is 6.34. The quantitative estimate of drug-likeness (QED) is 0.756. The zero-order chi connectivity index (χ0) is 12.8. The van der Waals surface area contributed by atoms with E-state index in [9.17, 15) is 0 Å². The van der Waals surface area contributed by atoms with E-state index in [0.29, 0.717) is 0 Å². The van der Waals surface area contributed by atoms with Crippen LogP contribution in [0.4, 0.5) is 5.69 Å². The molecule has 0 bridgehead atoms. The van der Waals surface area contributed by atoms with Gasteiger partial charge in [0.25, 0.3) is 0 Å². The van der Waals surface area contributed by atoms with Gasteiger partial charge in [-0.25, -0.2) is 0 Å². The molecule has 0 fully saturated rings. The second-order valence-corrected chi connectivity index (χ2v) is 5.71. The molecule has 1 aromatic carbocycles. The highest BCUT2D eigenvalue weighted by atomic mass is 15.1. The predicted molar refractivity (Wildman–Crippen MR) is 76.0 cm³/mol. The molecule has 0 radical (unpaired) electrons. The van der Waals surface area contributed by atoms with Crippen LogP contribution in [0, 0.1) is 0 Å². The lowest BCUT2D eigenvalue weighted by atomic mass is 9.86. The van der Waals surface area contributed by atoms with Crippen molar-refractivity contribution in [2.45, 2.75) is 19.3 Å². The third-order valence-electron chi connectivity index (χ3n) is 3.78. The molecule has 0 N–H and O–H groups in total. The molecule has 1 aliphatic heterocycles. The van der Waals surface area contributed by atoms with Crippen LogP contribution in [-0.2, 0) is 5.41 Å². The van der Waals surface area contributed by atoms with Crippen LogP contribution in [-0.4, -0.2) is 18.6 Å². The Labute approximate surface area is 108 Å². The average Bonchev–Trinajstić information content (AvgIpc) is 2.61. The molecule has 2 heteroatoms. The van der Waals surface area contributed by atoms with E-state index in [2.05, 4.69) is 61.1 Å². The summed E-state index contributed by atoms with van der Waals surface area (Å²) in [5.41, 5.74) is 5.55. The van der Waals surface area contributed by atoms with Gasteiger partial charge in [0.05, 0.1) is 0 Å². The van der Waals surface area contributed by atoms with E-state index in [1.165, 1.54) is 22.4 Å². The zero-order valence-electron chi connectivity index (χ0n) is 11.1. The minimum absolute atomic E-state index is 0.251. The summed E-state index contributed by atoms with van der Waals surface area (Å²) in [6.07, 6.45) is 3.69. The number of aromatic nitrogens is 1. The van der Waals surface area contributed by atoms with Crippen LogP contribution < -0.4 is 4.90 Å². The van der Waals surface area contributed by atoms with Gasteiger partial charge < -0.3 is 4.90 Å². The smallest absolute Gasteiger partial charge is 0.0408 e. The fourth-order valence-electron chi connectivity index (χ4n) is 2.91. The molecule has 0 unspecified atom stereocenters. The lowest BCUT2D eigenvalue weighted by molar-refractivity contribution is 0.563. The SMILES string of the molecule is CN1CC(C)(C)c2ccc(-c3ccncc3)cc21. The number of hydrogen-bond acceptors (Lipinski definition) is 2. The standard InChI is InChI=1S/C16H18N2/c1-16(2)11-18(3)15-10-13(4-5-14(15)16)12-6-8-17-9-7-12/h4-10H,11H2,1-3H3. The lowest BCUT2D eigenvalue weighted by Gasteiger charge is -2.18. The van der Waals surface area contributed by atoms with Gasteiger partial charge in [-0.1, -0.05) is 26.0 Å². The first-order chi connectivity index (χ1) is 8.58. The number of nitrogens with zero attached hydrogens (tertiary/aromatic N) is 2. The van der Waals surface area contributed by atoms with Crippen LogP contribution in [0.5, 0.6) is 0 Å². The molecule has 1 aliphatic rings. The largest absolute Gasteiger partial charge is 0.373 e. The Kier molecular flexibility index (Phi) is 2.40. The summed E-state index contributed by atoms with van der Waals surface area (Å²) in [4.78, 5) is 6.42. The van der Waals surface area contributed by atoms with Crippen LogP contribution in [0.3, 0.4) is 0 Å². The van der Waals surface area contributed by atoms with Gasteiger partial charge >= 0.3 is 0 Å². The first kappa shape index (κ1) is 11.3. The van der Waals surface area contributed by atoms with Crippen molar-refractivity contribution in [1.82, 2.24) is 4.98 Å². The number of benzene rings is 1. The van der Waals surface area contributed by atoms with Gasteiger partial charge in [-0.2, -0.15) is 0 Å². The number of rotatable bonds is 1. The Morgan fingerprint density at radius 3 is 2.50 bits per heavy atom. The van der Waals surface area contributed by atoms with E-state index < -0.39 is 0 Å². The zero-order valence-corrected chi connectivity index (χ0v) is 11.1. The highest BCUT2D eigenvalue weighted by Crippen LogP contribution is 2.41. The molecule has 2 nitrogen and oxygen atoms in total. The van der Waals surface area contributed by atoms with E-state index in [1.54, 1.807) is 0 Å². The molecule has 0 saturated carbocycles. The maximum atomic E-state index is 4.07. The topological polar surface area (TPSA) is 16.1 Å². The van der Waals surface area contributed by atoms with Crippen LogP contribution >= 0.6 is 0 Å². The molecule has 0 saturated heterocycles. The number of hydrogen-bond donors (Lipinski definition) is 0. The Morgan fingerprint density at radius 2 is 1.78 bits per heavy atom. The summed E-state index contributed by atoms with van der Waals surface area (Å²) in [6.45, 7) is 5.70. The van der Waals surface area contributed by atoms with E-state index in [0.717, 1.165) is 6.54 Å². The molecular weight excluding hydrogens is 220 g/mol. The average molecular weight is 238 g/mol. The van der Waals surface area contributed by atoms with Crippen LogP contribution in [0.2, 0.25) is 0 Å². The summed E-state index contributed by atoms with van der Waals surface area (Å²) in [5, 5.41) is 0. The molecule has 1 aromatic heterocycles. The minimum Gasteiger partial charge on any atom is -0.373 e. The fraction of sp³-hybridized carbons (Fsp3) is 0.312. The summed E-state index contributed by atoms with van der Waals surface area (Å²) in [7, 11) is 2.17. The maximum absolute atomic E-state index is 4.07. The number of anilines is 1. The Morgan fingerprint density at radius 1 is 1.06 bits per heavy atom. The van der Waals surface area contributed by atoms with Gasteiger partial charge in [0.1, 0.15) is 0 Å². The normalized spacial score (nSPS) is 16.7. The highest BCUT2D eigenvalue weighted by molar-refractivity contribution is 5.73. The van der Waals surface area contributed by atoms with Crippen molar-refractivity contribution in [3.05, 3.63) is 48.3 Å². The monoisotopic (exact) mass is 238 g/mol.